The Morgan fingerprint density at radius 2 is 1.67 bits per heavy atom. The number of ketones is 2. The van der Waals surface area contributed by atoms with Gasteiger partial charge in [-0.05, 0) is 29.3 Å². The lowest BCUT2D eigenvalue weighted by molar-refractivity contribution is -0.148. The molecule has 0 amide bonds. The first kappa shape index (κ1) is 17.4. The van der Waals surface area contributed by atoms with E-state index >= 15 is 0 Å². The van der Waals surface area contributed by atoms with Crippen molar-refractivity contribution < 1.29 is 29.3 Å². The predicted molar refractivity (Wildman–Crippen MR) is 85.0 cm³/mol. The van der Waals surface area contributed by atoms with Crippen LogP contribution in [-0.4, -0.2) is 34.4 Å². The first-order valence-corrected chi connectivity index (χ1v) is 7.20. The SMILES string of the molecule is O=C(O)C(=O)Cc1ccc(OCC(=O)c2cccc(CO)c2)cc1. The molecule has 2 aromatic rings. The number of aliphatic carboxylic acids is 1. The van der Waals surface area contributed by atoms with Crippen molar-refractivity contribution in [2.45, 2.75) is 13.0 Å². The molecule has 2 N–H and O–H groups in total. The Kier molecular flexibility index (Phi) is 5.81. The fraction of sp³-hybridized carbons (Fsp3) is 0.167. The molecule has 0 aromatic heterocycles. The molecule has 0 aliphatic carbocycles. The highest BCUT2D eigenvalue weighted by atomic mass is 16.5. The minimum Gasteiger partial charge on any atom is -0.485 e. The van der Waals surface area contributed by atoms with Crippen LogP contribution < -0.4 is 4.74 Å². The van der Waals surface area contributed by atoms with E-state index in [-0.39, 0.29) is 25.4 Å². The normalized spacial score (nSPS) is 10.2. The maximum Gasteiger partial charge on any atom is 0.372 e. The van der Waals surface area contributed by atoms with Gasteiger partial charge in [0.2, 0.25) is 5.78 Å². The molecule has 0 spiro atoms. The van der Waals surface area contributed by atoms with Crippen LogP contribution in [-0.2, 0) is 22.6 Å². The van der Waals surface area contributed by atoms with Crippen molar-refractivity contribution in [3.63, 3.8) is 0 Å². The molecule has 0 radical (unpaired) electrons. The average molecular weight is 328 g/mol. The maximum atomic E-state index is 12.1. The van der Waals surface area contributed by atoms with Gasteiger partial charge in [0.1, 0.15) is 5.75 Å². The van der Waals surface area contributed by atoms with Crippen molar-refractivity contribution in [3.05, 3.63) is 65.2 Å². The van der Waals surface area contributed by atoms with Gasteiger partial charge >= 0.3 is 5.97 Å². The van der Waals surface area contributed by atoms with Crippen LogP contribution in [0.5, 0.6) is 5.75 Å². The van der Waals surface area contributed by atoms with Crippen molar-refractivity contribution in [1.29, 1.82) is 0 Å². The second kappa shape index (κ2) is 8.03. The van der Waals surface area contributed by atoms with E-state index < -0.39 is 11.8 Å². The molecule has 0 saturated carbocycles. The average Bonchev–Trinajstić information content (AvgIpc) is 2.60. The van der Waals surface area contributed by atoms with Gasteiger partial charge in [-0.3, -0.25) is 9.59 Å². The van der Waals surface area contributed by atoms with E-state index in [1.54, 1.807) is 48.5 Å². The minimum absolute atomic E-state index is 0.140. The molecule has 0 bridgehead atoms. The fourth-order valence-corrected chi connectivity index (χ4v) is 2.04. The van der Waals surface area contributed by atoms with Gasteiger partial charge < -0.3 is 14.9 Å². The lowest BCUT2D eigenvalue weighted by Gasteiger charge is -2.07. The van der Waals surface area contributed by atoms with E-state index in [9.17, 15) is 14.4 Å². The molecule has 0 heterocycles. The third-order valence-corrected chi connectivity index (χ3v) is 3.33. The summed E-state index contributed by atoms with van der Waals surface area (Å²) in [6.07, 6.45) is -0.192. The van der Waals surface area contributed by atoms with Crippen LogP contribution in [0.15, 0.2) is 48.5 Å². The van der Waals surface area contributed by atoms with Crippen LogP contribution in [0.25, 0.3) is 0 Å². The van der Waals surface area contributed by atoms with Crippen molar-refractivity contribution in [3.8, 4) is 5.75 Å². The summed E-state index contributed by atoms with van der Waals surface area (Å²) in [5, 5.41) is 17.6. The van der Waals surface area contributed by atoms with E-state index in [4.69, 9.17) is 14.9 Å². The molecule has 124 valence electrons. The number of Topliss-reactive ketones (excluding diaryl/α,β-unsaturated/α-hetero) is 2. The van der Waals surface area contributed by atoms with Crippen molar-refractivity contribution in [2.24, 2.45) is 0 Å². The van der Waals surface area contributed by atoms with Crippen LogP contribution in [0, 0.1) is 0 Å². The van der Waals surface area contributed by atoms with Gasteiger partial charge in [-0.15, -0.1) is 0 Å². The molecule has 6 heteroatoms. The second-order valence-electron chi connectivity index (χ2n) is 5.12. The standard InChI is InChI=1S/C18H16O6/c19-10-13-2-1-3-14(8-13)17(21)11-24-15-6-4-12(5-7-15)9-16(20)18(22)23/h1-8,19H,9-11H2,(H,22,23). The molecule has 0 unspecified atom stereocenters. The van der Waals surface area contributed by atoms with E-state index in [1.165, 1.54) is 0 Å². The minimum atomic E-state index is -1.47. The lowest BCUT2D eigenvalue weighted by atomic mass is 10.1. The zero-order chi connectivity index (χ0) is 17.5. The number of rotatable bonds is 8. The summed E-state index contributed by atoms with van der Waals surface area (Å²) in [6.45, 7) is -0.305. The number of aliphatic hydroxyl groups is 1. The Labute approximate surface area is 138 Å². The number of carboxylic acids is 1. The molecular weight excluding hydrogens is 312 g/mol. The highest BCUT2D eigenvalue weighted by Crippen LogP contribution is 2.14. The highest BCUT2D eigenvalue weighted by molar-refractivity contribution is 6.33. The van der Waals surface area contributed by atoms with Gasteiger partial charge in [-0.2, -0.15) is 0 Å². The third-order valence-electron chi connectivity index (χ3n) is 3.33. The Morgan fingerprint density at radius 1 is 0.958 bits per heavy atom. The zero-order valence-electron chi connectivity index (χ0n) is 12.8. The summed E-state index contributed by atoms with van der Waals surface area (Å²) < 4.78 is 5.39. The third kappa shape index (κ3) is 4.76. The quantitative estimate of drug-likeness (QED) is 0.564. The van der Waals surface area contributed by atoms with Crippen molar-refractivity contribution >= 4 is 17.5 Å². The predicted octanol–water partition coefficient (Wildman–Crippen LogP) is 1.64. The van der Waals surface area contributed by atoms with E-state index in [0.29, 0.717) is 22.4 Å². The zero-order valence-corrected chi connectivity index (χ0v) is 12.8. The van der Waals surface area contributed by atoms with Gasteiger partial charge in [-0.1, -0.05) is 30.3 Å². The Hall–Kier alpha value is -2.99. The number of aliphatic hydroxyl groups excluding tert-OH is 1. The molecule has 24 heavy (non-hydrogen) atoms. The summed E-state index contributed by atoms with van der Waals surface area (Å²) in [5.41, 5.74) is 1.65. The molecule has 0 fully saturated rings. The van der Waals surface area contributed by atoms with E-state index in [2.05, 4.69) is 0 Å². The Balaban J connectivity index is 1.93. The molecule has 2 aromatic carbocycles. The number of hydrogen-bond acceptors (Lipinski definition) is 5. The molecule has 6 nitrogen and oxygen atoms in total. The first-order valence-electron chi connectivity index (χ1n) is 7.20. The van der Waals surface area contributed by atoms with Crippen molar-refractivity contribution in [1.82, 2.24) is 0 Å². The Bertz CT molecular complexity index is 748. The summed E-state index contributed by atoms with van der Waals surface area (Å²) >= 11 is 0. The number of benzene rings is 2. The van der Waals surface area contributed by atoms with E-state index in [1.807, 2.05) is 0 Å². The monoisotopic (exact) mass is 328 g/mol. The van der Waals surface area contributed by atoms with Gasteiger partial charge in [0.15, 0.2) is 12.4 Å². The molecule has 2 rings (SSSR count). The molecular formula is C18H16O6. The Morgan fingerprint density at radius 3 is 2.29 bits per heavy atom. The first-order chi connectivity index (χ1) is 11.5. The number of carbonyl (C=O) groups is 3. The molecule has 0 atom stereocenters. The van der Waals surface area contributed by atoms with Crippen molar-refractivity contribution in [2.75, 3.05) is 6.61 Å². The van der Waals surface area contributed by atoms with Crippen LogP contribution in [0.4, 0.5) is 0 Å². The van der Waals surface area contributed by atoms with Crippen LogP contribution >= 0.6 is 0 Å². The molecule has 0 aliphatic heterocycles. The number of ether oxygens (including phenoxy) is 1. The van der Waals surface area contributed by atoms with Gasteiger partial charge in [0.25, 0.3) is 0 Å². The summed E-state index contributed by atoms with van der Waals surface area (Å²) in [7, 11) is 0. The summed E-state index contributed by atoms with van der Waals surface area (Å²) in [5.74, 6) is -2.14. The molecule has 0 saturated heterocycles. The van der Waals surface area contributed by atoms with Crippen LogP contribution in [0.3, 0.4) is 0 Å². The van der Waals surface area contributed by atoms with Gasteiger partial charge in [0, 0.05) is 12.0 Å². The van der Waals surface area contributed by atoms with Gasteiger partial charge in [0.05, 0.1) is 6.61 Å². The number of carboxylic acid groups (broad SMARTS) is 1. The molecule has 0 aliphatic rings. The van der Waals surface area contributed by atoms with Crippen LogP contribution in [0.1, 0.15) is 21.5 Å². The van der Waals surface area contributed by atoms with Crippen LogP contribution in [0.2, 0.25) is 0 Å². The van der Waals surface area contributed by atoms with E-state index in [0.717, 1.165) is 0 Å². The summed E-state index contributed by atoms with van der Waals surface area (Å²) in [4.78, 5) is 33.7. The van der Waals surface area contributed by atoms with Gasteiger partial charge in [-0.25, -0.2) is 4.79 Å². The topological polar surface area (TPSA) is 101 Å². The summed E-state index contributed by atoms with van der Waals surface area (Å²) in [6, 6.07) is 12.9. The highest BCUT2D eigenvalue weighted by Gasteiger charge is 2.12. The number of hydrogen-bond donors (Lipinski definition) is 2. The second-order valence-corrected chi connectivity index (χ2v) is 5.12. The maximum absolute atomic E-state index is 12.1. The largest absolute Gasteiger partial charge is 0.485 e. The lowest BCUT2D eigenvalue weighted by Crippen LogP contribution is -2.15. The smallest absolute Gasteiger partial charge is 0.372 e. The number of carbonyl (C=O) groups excluding carboxylic acids is 2. The fourth-order valence-electron chi connectivity index (χ4n) is 2.04.